The van der Waals surface area contributed by atoms with Crippen LogP contribution in [0.3, 0.4) is 0 Å². The first-order valence-corrected chi connectivity index (χ1v) is 7.46. The zero-order valence-corrected chi connectivity index (χ0v) is 12.5. The van der Waals surface area contributed by atoms with Crippen LogP contribution in [0.1, 0.15) is 52.9 Å². The van der Waals surface area contributed by atoms with Gasteiger partial charge in [-0.3, -0.25) is 4.79 Å². The lowest BCUT2D eigenvalue weighted by molar-refractivity contribution is -0.136. The van der Waals surface area contributed by atoms with Gasteiger partial charge in [0.1, 0.15) is 0 Å². The normalized spacial score (nSPS) is 27.6. The monoisotopic (exact) mass is 254 g/mol. The summed E-state index contributed by atoms with van der Waals surface area (Å²) in [4.78, 5) is 14.3. The molecule has 106 valence electrons. The second kappa shape index (κ2) is 7.13. The van der Waals surface area contributed by atoms with Crippen LogP contribution in [0.2, 0.25) is 0 Å². The molecule has 0 aromatic rings. The molecular weight excluding hydrogens is 224 g/mol. The molecule has 0 aliphatic heterocycles. The Balaban J connectivity index is 2.49. The molecule has 4 unspecified atom stereocenters. The van der Waals surface area contributed by atoms with Gasteiger partial charge < -0.3 is 10.6 Å². The maximum atomic E-state index is 12.4. The molecule has 3 nitrogen and oxygen atoms in total. The van der Waals surface area contributed by atoms with E-state index in [1.165, 1.54) is 6.42 Å². The Kier molecular flexibility index (Phi) is 6.13. The summed E-state index contributed by atoms with van der Waals surface area (Å²) in [7, 11) is 1.94. The molecular formula is C15H30N2O. The molecule has 0 saturated heterocycles. The number of hydrogen-bond donors (Lipinski definition) is 1. The standard InChI is InChI=1S/C15H30N2O/c1-5-11(2)10-17(4)15(18)12(3)13-7-6-8-14(16)9-13/h11-14H,5-10,16H2,1-4H3. The van der Waals surface area contributed by atoms with Gasteiger partial charge in [-0.2, -0.15) is 0 Å². The minimum absolute atomic E-state index is 0.130. The van der Waals surface area contributed by atoms with Crippen LogP contribution in [-0.2, 0) is 4.79 Å². The van der Waals surface area contributed by atoms with Crippen LogP contribution >= 0.6 is 0 Å². The first-order chi connectivity index (χ1) is 8.45. The van der Waals surface area contributed by atoms with E-state index in [4.69, 9.17) is 5.73 Å². The minimum Gasteiger partial charge on any atom is -0.345 e. The fraction of sp³-hybridized carbons (Fsp3) is 0.933. The molecule has 18 heavy (non-hydrogen) atoms. The van der Waals surface area contributed by atoms with E-state index in [0.717, 1.165) is 32.2 Å². The van der Waals surface area contributed by atoms with Gasteiger partial charge in [0, 0.05) is 25.6 Å². The third-order valence-electron chi connectivity index (χ3n) is 4.51. The summed E-state index contributed by atoms with van der Waals surface area (Å²) in [5, 5.41) is 0. The SMILES string of the molecule is CCC(C)CN(C)C(=O)C(C)C1CCCC(N)C1. The van der Waals surface area contributed by atoms with Crippen molar-refractivity contribution in [2.45, 2.75) is 58.9 Å². The van der Waals surface area contributed by atoms with Crippen molar-refractivity contribution in [3.8, 4) is 0 Å². The topological polar surface area (TPSA) is 46.3 Å². The predicted molar refractivity (Wildman–Crippen MR) is 76.2 cm³/mol. The van der Waals surface area contributed by atoms with Crippen molar-refractivity contribution in [1.29, 1.82) is 0 Å². The molecule has 0 spiro atoms. The fourth-order valence-electron chi connectivity index (χ4n) is 2.96. The summed E-state index contributed by atoms with van der Waals surface area (Å²) >= 11 is 0. The quantitative estimate of drug-likeness (QED) is 0.820. The number of amides is 1. The van der Waals surface area contributed by atoms with Gasteiger partial charge in [-0.05, 0) is 31.1 Å². The molecule has 3 heteroatoms. The largest absolute Gasteiger partial charge is 0.345 e. The highest BCUT2D eigenvalue weighted by molar-refractivity contribution is 5.78. The van der Waals surface area contributed by atoms with Gasteiger partial charge >= 0.3 is 0 Å². The van der Waals surface area contributed by atoms with Gasteiger partial charge in [0.15, 0.2) is 0 Å². The molecule has 0 heterocycles. The number of carbonyl (C=O) groups is 1. The second-order valence-electron chi connectivity index (χ2n) is 6.21. The number of hydrogen-bond acceptors (Lipinski definition) is 2. The van der Waals surface area contributed by atoms with Gasteiger partial charge in [-0.1, -0.05) is 33.6 Å². The summed E-state index contributed by atoms with van der Waals surface area (Å²) in [6.45, 7) is 7.33. The predicted octanol–water partition coefficient (Wildman–Crippen LogP) is 2.64. The molecule has 1 rings (SSSR count). The minimum atomic E-state index is 0.130. The number of rotatable bonds is 5. The van der Waals surface area contributed by atoms with Crippen LogP contribution in [-0.4, -0.2) is 30.4 Å². The van der Waals surface area contributed by atoms with Crippen LogP contribution in [0.15, 0.2) is 0 Å². The number of nitrogens with zero attached hydrogens (tertiary/aromatic N) is 1. The molecule has 0 aromatic carbocycles. The van der Waals surface area contributed by atoms with Crippen LogP contribution < -0.4 is 5.73 Å². The van der Waals surface area contributed by atoms with Crippen molar-refractivity contribution in [3.05, 3.63) is 0 Å². The Hall–Kier alpha value is -0.570. The van der Waals surface area contributed by atoms with Crippen LogP contribution in [0, 0.1) is 17.8 Å². The highest BCUT2D eigenvalue weighted by Gasteiger charge is 2.30. The molecule has 1 saturated carbocycles. The van der Waals surface area contributed by atoms with E-state index in [9.17, 15) is 4.79 Å². The van der Waals surface area contributed by atoms with Crippen LogP contribution in [0.5, 0.6) is 0 Å². The first-order valence-electron chi connectivity index (χ1n) is 7.46. The average molecular weight is 254 g/mol. The molecule has 4 atom stereocenters. The third-order valence-corrected chi connectivity index (χ3v) is 4.51. The molecule has 1 aliphatic carbocycles. The Bertz CT molecular complexity index is 267. The Morgan fingerprint density at radius 3 is 2.61 bits per heavy atom. The van der Waals surface area contributed by atoms with E-state index >= 15 is 0 Å². The van der Waals surface area contributed by atoms with Gasteiger partial charge in [0.2, 0.25) is 5.91 Å². The Morgan fingerprint density at radius 1 is 1.39 bits per heavy atom. The maximum absolute atomic E-state index is 12.4. The summed E-state index contributed by atoms with van der Waals surface area (Å²) < 4.78 is 0. The van der Waals surface area contributed by atoms with E-state index in [-0.39, 0.29) is 5.92 Å². The van der Waals surface area contributed by atoms with Crippen molar-refractivity contribution >= 4 is 5.91 Å². The molecule has 1 aliphatic rings. The summed E-state index contributed by atoms with van der Waals surface area (Å²) in [5.74, 6) is 1.50. The smallest absolute Gasteiger partial charge is 0.225 e. The lowest BCUT2D eigenvalue weighted by atomic mass is 9.78. The van der Waals surface area contributed by atoms with E-state index in [1.807, 2.05) is 11.9 Å². The molecule has 0 aromatic heterocycles. The fourth-order valence-corrected chi connectivity index (χ4v) is 2.96. The Morgan fingerprint density at radius 2 is 2.06 bits per heavy atom. The average Bonchev–Trinajstić information content (AvgIpc) is 2.36. The summed E-state index contributed by atoms with van der Waals surface area (Å²) in [6.07, 6.45) is 5.61. The highest BCUT2D eigenvalue weighted by Crippen LogP contribution is 2.30. The first kappa shape index (κ1) is 15.5. The van der Waals surface area contributed by atoms with Crippen molar-refractivity contribution < 1.29 is 4.79 Å². The van der Waals surface area contributed by atoms with Crippen molar-refractivity contribution in [2.24, 2.45) is 23.5 Å². The van der Waals surface area contributed by atoms with Crippen molar-refractivity contribution in [2.75, 3.05) is 13.6 Å². The molecule has 1 fully saturated rings. The molecule has 0 radical (unpaired) electrons. The van der Waals surface area contributed by atoms with Crippen LogP contribution in [0.25, 0.3) is 0 Å². The van der Waals surface area contributed by atoms with E-state index in [2.05, 4.69) is 20.8 Å². The van der Waals surface area contributed by atoms with E-state index in [0.29, 0.717) is 23.8 Å². The summed E-state index contributed by atoms with van der Waals surface area (Å²) in [5.41, 5.74) is 6.02. The van der Waals surface area contributed by atoms with Gasteiger partial charge in [0.05, 0.1) is 0 Å². The lowest BCUT2D eigenvalue weighted by Crippen LogP contribution is -2.40. The number of carbonyl (C=O) groups excluding carboxylic acids is 1. The van der Waals surface area contributed by atoms with Crippen LogP contribution in [0.4, 0.5) is 0 Å². The van der Waals surface area contributed by atoms with E-state index in [1.54, 1.807) is 0 Å². The lowest BCUT2D eigenvalue weighted by Gasteiger charge is -2.33. The van der Waals surface area contributed by atoms with Gasteiger partial charge in [-0.15, -0.1) is 0 Å². The Labute approximate surface area is 112 Å². The number of nitrogens with two attached hydrogens (primary N) is 1. The van der Waals surface area contributed by atoms with Gasteiger partial charge in [-0.25, -0.2) is 0 Å². The van der Waals surface area contributed by atoms with Gasteiger partial charge in [0.25, 0.3) is 0 Å². The second-order valence-corrected chi connectivity index (χ2v) is 6.21. The maximum Gasteiger partial charge on any atom is 0.225 e. The zero-order chi connectivity index (χ0) is 13.7. The molecule has 1 amide bonds. The van der Waals surface area contributed by atoms with Crippen molar-refractivity contribution in [1.82, 2.24) is 4.90 Å². The third kappa shape index (κ3) is 4.27. The zero-order valence-electron chi connectivity index (χ0n) is 12.5. The molecule has 0 bridgehead atoms. The molecule has 2 N–H and O–H groups in total. The summed E-state index contributed by atoms with van der Waals surface area (Å²) in [6, 6.07) is 0.305. The highest BCUT2D eigenvalue weighted by atomic mass is 16.2. The van der Waals surface area contributed by atoms with Crippen molar-refractivity contribution in [3.63, 3.8) is 0 Å². The van der Waals surface area contributed by atoms with E-state index < -0.39 is 0 Å².